The van der Waals surface area contributed by atoms with E-state index < -0.39 is 11.4 Å². The molecule has 0 spiro atoms. The second kappa shape index (κ2) is 4.27. The lowest BCUT2D eigenvalue weighted by atomic mass is 9.79. The number of hydrogen-bond donors (Lipinski definition) is 1. The third-order valence-electron chi connectivity index (χ3n) is 3.34. The minimum absolute atomic E-state index is 0.423. The Morgan fingerprint density at radius 2 is 1.81 bits per heavy atom. The van der Waals surface area contributed by atoms with Gasteiger partial charge >= 0.3 is 5.97 Å². The summed E-state index contributed by atoms with van der Waals surface area (Å²) in [5, 5.41) is 10.3. The molecule has 1 aromatic rings. The fourth-order valence-electron chi connectivity index (χ4n) is 2.40. The fourth-order valence-corrected chi connectivity index (χ4v) is 2.70. The van der Waals surface area contributed by atoms with Gasteiger partial charge in [-0.2, -0.15) is 0 Å². The molecule has 16 heavy (non-hydrogen) atoms. The van der Waals surface area contributed by atoms with Crippen LogP contribution in [0.1, 0.15) is 31.2 Å². The first-order valence-corrected chi connectivity index (χ1v) is 6.01. The van der Waals surface area contributed by atoms with Gasteiger partial charge in [-0.05, 0) is 30.5 Å². The third-order valence-corrected chi connectivity index (χ3v) is 4.08. The predicted molar refractivity (Wildman–Crippen MR) is 64.2 cm³/mol. The van der Waals surface area contributed by atoms with Gasteiger partial charge in [0.1, 0.15) is 0 Å². The van der Waals surface area contributed by atoms with E-state index in [1.54, 1.807) is 18.2 Å². The van der Waals surface area contributed by atoms with Crippen molar-refractivity contribution >= 4 is 29.2 Å². The molecule has 0 bridgehead atoms. The molecule has 86 valence electrons. The van der Waals surface area contributed by atoms with Gasteiger partial charge in [0.25, 0.3) is 0 Å². The monoisotopic (exact) mass is 258 g/mol. The normalized spacial score (nSPS) is 18.6. The Bertz CT molecular complexity index is 423. The summed E-state index contributed by atoms with van der Waals surface area (Å²) < 4.78 is 0. The number of hydrogen-bond acceptors (Lipinski definition) is 1. The van der Waals surface area contributed by atoms with Gasteiger partial charge in [-0.25, -0.2) is 0 Å². The molecule has 2 rings (SSSR count). The highest BCUT2D eigenvalue weighted by Gasteiger charge is 2.42. The summed E-state index contributed by atoms with van der Waals surface area (Å²) in [6.07, 6.45) is 3.26. The van der Waals surface area contributed by atoms with Crippen molar-refractivity contribution in [3.63, 3.8) is 0 Å². The van der Waals surface area contributed by atoms with Crippen molar-refractivity contribution in [3.05, 3.63) is 33.8 Å². The second-order valence-corrected chi connectivity index (χ2v) is 5.04. The number of rotatable bonds is 2. The molecule has 0 saturated heterocycles. The van der Waals surface area contributed by atoms with Crippen LogP contribution in [0.15, 0.2) is 18.2 Å². The molecule has 0 radical (unpaired) electrons. The van der Waals surface area contributed by atoms with Crippen molar-refractivity contribution in [1.29, 1.82) is 0 Å². The molecular weight excluding hydrogens is 247 g/mol. The zero-order chi connectivity index (χ0) is 11.8. The number of carboxylic acid groups (broad SMARTS) is 1. The average molecular weight is 259 g/mol. The Balaban J connectivity index is 2.47. The number of aliphatic carboxylic acids is 1. The highest BCUT2D eigenvalue weighted by molar-refractivity contribution is 6.42. The van der Waals surface area contributed by atoms with Gasteiger partial charge in [0, 0.05) is 0 Å². The van der Waals surface area contributed by atoms with Gasteiger partial charge in [-0.1, -0.05) is 42.1 Å². The lowest BCUT2D eigenvalue weighted by Crippen LogP contribution is -2.32. The summed E-state index contributed by atoms with van der Waals surface area (Å²) >= 11 is 11.8. The van der Waals surface area contributed by atoms with E-state index in [0.717, 1.165) is 18.4 Å². The smallest absolute Gasteiger partial charge is 0.314 e. The van der Waals surface area contributed by atoms with Crippen LogP contribution in [-0.2, 0) is 10.2 Å². The molecule has 4 heteroatoms. The molecular formula is C12H12Cl2O2. The zero-order valence-corrected chi connectivity index (χ0v) is 10.2. The van der Waals surface area contributed by atoms with E-state index in [1.165, 1.54) is 0 Å². The molecule has 2 nitrogen and oxygen atoms in total. The Labute approximate surface area is 104 Å². The molecule has 0 aliphatic heterocycles. The maximum absolute atomic E-state index is 11.4. The number of carbonyl (C=O) groups is 1. The molecule has 1 aliphatic rings. The first-order valence-electron chi connectivity index (χ1n) is 5.25. The Morgan fingerprint density at radius 1 is 1.19 bits per heavy atom. The Hall–Kier alpha value is -0.730. The van der Waals surface area contributed by atoms with Gasteiger partial charge in [0.05, 0.1) is 15.5 Å². The molecule has 1 aromatic carbocycles. The summed E-state index contributed by atoms with van der Waals surface area (Å²) in [6, 6.07) is 5.12. The van der Waals surface area contributed by atoms with Gasteiger partial charge in [-0.3, -0.25) is 4.79 Å². The summed E-state index contributed by atoms with van der Waals surface area (Å²) in [5.41, 5.74) is 0.0146. The molecule has 1 fully saturated rings. The molecule has 0 unspecified atom stereocenters. The summed E-state index contributed by atoms with van der Waals surface area (Å²) in [7, 11) is 0. The van der Waals surface area contributed by atoms with E-state index in [4.69, 9.17) is 23.2 Å². The number of halogens is 2. The highest BCUT2D eigenvalue weighted by atomic mass is 35.5. The van der Waals surface area contributed by atoms with Crippen LogP contribution >= 0.6 is 23.2 Å². The van der Waals surface area contributed by atoms with Crippen molar-refractivity contribution in [2.24, 2.45) is 0 Å². The summed E-state index contributed by atoms with van der Waals surface area (Å²) in [6.45, 7) is 0. The first-order chi connectivity index (χ1) is 7.56. The Morgan fingerprint density at radius 3 is 2.31 bits per heavy atom. The summed E-state index contributed by atoms with van der Waals surface area (Å²) in [4.78, 5) is 11.4. The van der Waals surface area contributed by atoms with E-state index in [1.807, 2.05) is 0 Å². The van der Waals surface area contributed by atoms with Crippen LogP contribution in [0.5, 0.6) is 0 Å². The van der Waals surface area contributed by atoms with Crippen molar-refractivity contribution in [3.8, 4) is 0 Å². The third kappa shape index (κ3) is 1.80. The minimum Gasteiger partial charge on any atom is -0.481 e. The summed E-state index contributed by atoms with van der Waals surface area (Å²) in [5.74, 6) is -0.761. The second-order valence-electron chi connectivity index (χ2n) is 4.22. The molecule has 0 aromatic heterocycles. The molecule has 0 atom stereocenters. The van der Waals surface area contributed by atoms with Crippen LogP contribution in [0, 0.1) is 0 Å². The average Bonchev–Trinajstić information content (AvgIpc) is 2.72. The van der Waals surface area contributed by atoms with Crippen molar-refractivity contribution < 1.29 is 9.90 Å². The first kappa shape index (κ1) is 11.7. The molecule has 0 amide bonds. The fraction of sp³-hybridized carbons (Fsp3) is 0.417. The van der Waals surface area contributed by atoms with Gasteiger partial charge < -0.3 is 5.11 Å². The van der Waals surface area contributed by atoms with E-state index in [0.29, 0.717) is 22.9 Å². The lowest BCUT2D eigenvalue weighted by Gasteiger charge is -2.24. The van der Waals surface area contributed by atoms with Crippen molar-refractivity contribution in [2.75, 3.05) is 0 Å². The maximum atomic E-state index is 11.4. The molecule has 1 N–H and O–H groups in total. The van der Waals surface area contributed by atoms with E-state index in [2.05, 4.69) is 0 Å². The molecule has 1 aliphatic carbocycles. The van der Waals surface area contributed by atoms with Crippen LogP contribution in [0.3, 0.4) is 0 Å². The largest absolute Gasteiger partial charge is 0.481 e. The predicted octanol–water partition coefficient (Wildman–Crippen LogP) is 3.89. The van der Waals surface area contributed by atoms with E-state index in [-0.39, 0.29) is 0 Å². The number of carboxylic acids is 1. The minimum atomic E-state index is -0.761. The van der Waals surface area contributed by atoms with Gasteiger partial charge in [-0.15, -0.1) is 0 Å². The van der Waals surface area contributed by atoms with Crippen molar-refractivity contribution in [1.82, 2.24) is 0 Å². The standard InChI is InChI=1S/C12H12Cl2O2/c13-9-4-3-8(7-10(9)14)12(11(15)16)5-1-2-6-12/h3-4,7H,1-2,5-6H2,(H,15,16). The number of benzene rings is 1. The van der Waals surface area contributed by atoms with Gasteiger partial charge in [0.15, 0.2) is 0 Å². The zero-order valence-electron chi connectivity index (χ0n) is 8.67. The SMILES string of the molecule is O=C(O)C1(c2ccc(Cl)c(Cl)c2)CCCC1. The van der Waals surface area contributed by atoms with Crippen LogP contribution in [0.4, 0.5) is 0 Å². The quantitative estimate of drug-likeness (QED) is 0.874. The van der Waals surface area contributed by atoms with Crippen LogP contribution in [-0.4, -0.2) is 11.1 Å². The van der Waals surface area contributed by atoms with Crippen LogP contribution in [0.2, 0.25) is 10.0 Å². The van der Waals surface area contributed by atoms with E-state index >= 15 is 0 Å². The Kier molecular flexibility index (Phi) is 3.13. The van der Waals surface area contributed by atoms with Crippen LogP contribution in [0.25, 0.3) is 0 Å². The van der Waals surface area contributed by atoms with Crippen LogP contribution < -0.4 is 0 Å². The van der Waals surface area contributed by atoms with Gasteiger partial charge in [0.2, 0.25) is 0 Å². The molecule has 0 heterocycles. The molecule has 1 saturated carbocycles. The maximum Gasteiger partial charge on any atom is 0.314 e. The van der Waals surface area contributed by atoms with E-state index in [9.17, 15) is 9.90 Å². The van der Waals surface area contributed by atoms with Crippen molar-refractivity contribution in [2.45, 2.75) is 31.1 Å². The highest BCUT2D eigenvalue weighted by Crippen LogP contribution is 2.42. The lowest BCUT2D eigenvalue weighted by molar-refractivity contribution is -0.143. The topological polar surface area (TPSA) is 37.3 Å².